The number of anilines is 1. The van der Waals surface area contributed by atoms with Crippen LogP contribution in [-0.4, -0.2) is 34.4 Å². The summed E-state index contributed by atoms with van der Waals surface area (Å²) in [5, 5.41) is 9.03. The van der Waals surface area contributed by atoms with Gasteiger partial charge >= 0.3 is 5.97 Å². The maximum atomic E-state index is 11.8. The zero-order valence-electron chi connectivity index (χ0n) is 9.37. The number of carboxylic acid groups (broad SMARTS) is 1. The Morgan fingerprint density at radius 1 is 1.50 bits per heavy atom. The quantitative estimate of drug-likeness (QED) is 0.757. The number of pyridine rings is 1. The van der Waals surface area contributed by atoms with Crippen LogP contribution in [0.1, 0.15) is 16.8 Å². The fourth-order valence-corrected chi connectivity index (χ4v) is 1.91. The normalized spacial score (nSPS) is 19.0. The number of nitrogens with two attached hydrogens (primary N) is 1. The van der Waals surface area contributed by atoms with Gasteiger partial charge in [-0.25, -0.2) is 4.79 Å². The van der Waals surface area contributed by atoms with Gasteiger partial charge in [-0.15, -0.1) is 0 Å². The molecule has 0 bridgehead atoms. The Morgan fingerprint density at radius 3 is 2.78 bits per heavy atom. The summed E-state index contributed by atoms with van der Waals surface area (Å²) < 4.78 is 0. The summed E-state index contributed by atoms with van der Waals surface area (Å²) in [6.45, 7) is 0.0974. The molecule has 1 fully saturated rings. The van der Waals surface area contributed by atoms with Gasteiger partial charge < -0.3 is 15.7 Å². The van der Waals surface area contributed by atoms with Gasteiger partial charge in [0.1, 0.15) is 0 Å². The molecule has 7 heteroatoms. The standard InChI is InChI=1S/C11H11N3O4/c12-10(16)6-3-9(15)14(5-6)8-4-13-2-1-7(8)11(17)18/h1-2,4,6H,3,5H2,(H2,12,16)(H,17,18). The highest BCUT2D eigenvalue weighted by Gasteiger charge is 2.35. The third-order valence-electron chi connectivity index (χ3n) is 2.85. The van der Waals surface area contributed by atoms with E-state index in [1.807, 2.05) is 0 Å². The van der Waals surface area contributed by atoms with Crippen LogP contribution in [0.25, 0.3) is 0 Å². The molecule has 1 aromatic heterocycles. The first kappa shape index (κ1) is 12.0. The topological polar surface area (TPSA) is 114 Å². The number of carbonyl (C=O) groups excluding carboxylic acids is 2. The van der Waals surface area contributed by atoms with Crippen LogP contribution >= 0.6 is 0 Å². The van der Waals surface area contributed by atoms with E-state index in [1.165, 1.54) is 23.4 Å². The minimum atomic E-state index is -1.15. The van der Waals surface area contributed by atoms with E-state index in [0.29, 0.717) is 0 Å². The van der Waals surface area contributed by atoms with E-state index in [9.17, 15) is 14.4 Å². The van der Waals surface area contributed by atoms with E-state index >= 15 is 0 Å². The molecule has 2 rings (SSSR count). The van der Waals surface area contributed by atoms with Crippen molar-refractivity contribution >= 4 is 23.5 Å². The van der Waals surface area contributed by atoms with Gasteiger partial charge in [0.2, 0.25) is 11.8 Å². The molecular weight excluding hydrogens is 238 g/mol. The molecule has 1 aromatic rings. The van der Waals surface area contributed by atoms with Crippen molar-refractivity contribution in [3.05, 3.63) is 24.0 Å². The monoisotopic (exact) mass is 249 g/mol. The maximum absolute atomic E-state index is 11.8. The molecule has 0 radical (unpaired) electrons. The van der Waals surface area contributed by atoms with E-state index in [2.05, 4.69) is 4.98 Å². The molecule has 18 heavy (non-hydrogen) atoms. The molecule has 1 unspecified atom stereocenters. The Balaban J connectivity index is 2.35. The highest BCUT2D eigenvalue weighted by Crippen LogP contribution is 2.27. The Morgan fingerprint density at radius 2 is 2.22 bits per heavy atom. The molecule has 0 spiro atoms. The second-order valence-electron chi connectivity index (χ2n) is 4.01. The van der Waals surface area contributed by atoms with E-state index in [-0.39, 0.29) is 30.1 Å². The van der Waals surface area contributed by atoms with Gasteiger partial charge in [-0.2, -0.15) is 0 Å². The van der Waals surface area contributed by atoms with Gasteiger partial charge in [-0.1, -0.05) is 0 Å². The number of aromatic nitrogens is 1. The summed E-state index contributed by atoms with van der Waals surface area (Å²) in [5.41, 5.74) is 5.32. The number of carboxylic acids is 1. The van der Waals surface area contributed by atoms with Crippen molar-refractivity contribution in [1.29, 1.82) is 0 Å². The van der Waals surface area contributed by atoms with Crippen molar-refractivity contribution in [3.8, 4) is 0 Å². The summed E-state index contributed by atoms with van der Waals surface area (Å²) in [7, 11) is 0. The highest BCUT2D eigenvalue weighted by atomic mass is 16.4. The molecule has 1 atom stereocenters. The fraction of sp³-hybridized carbons (Fsp3) is 0.273. The zero-order valence-corrected chi connectivity index (χ0v) is 9.37. The Labute approximate surface area is 102 Å². The summed E-state index contributed by atoms with van der Waals surface area (Å²) in [5.74, 6) is -2.62. The molecule has 0 aliphatic carbocycles. The third-order valence-corrected chi connectivity index (χ3v) is 2.85. The summed E-state index contributed by atoms with van der Waals surface area (Å²) in [6, 6.07) is 1.31. The molecule has 0 aromatic carbocycles. The van der Waals surface area contributed by atoms with Crippen LogP contribution in [0, 0.1) is 5.92 Å². The molecule has 1 saturated heterocycles. The first-order valence-electron chi connectivity index (χ1n) is 5.27. The molecule has 2 amide bonds. The fourth-order valence-electron chi connectivity index (χ4n) is 1.91. The Bertz CT molecular complexity index is 529. The highest BCUT2D eigenvalue weighted by molar-refractivity contribution is 6.04. The average molecular weight is 249 g/mol. The molecule has 2 heterocycles. The number of primary amides is 1. The van der Waals surface area contributed by atoms with Crippen LogP contribution in [0.15, 0.2) is 18.5 Å². The van der Waals surface area contributed by atoms with E-state index in [1.54, 1.807) is 0 Å². The lowest BCUT2D eigenvalue weighted by molar-refractivity contribution is -0.123. The van der Waals surface area contributed by atoms with Crippen LogP contribution < -0.4 is 10.6 Å². The molecule has 0 saturated carbocycles. The van der Waals surface area contributed by atoms with Crippen LogP contribution in [-0.2, 0) is 9.59 Å². The zero-order chi connectivity index (χ0) is 13.3. The van der Waals surface area contributed by atoms with E-state index in [0.717, 1.165) is 0 Å². The van der Waals surface area contributed by atoms with Gasteiger partial charge in [0.25, 0.3) is 0 Å². The number of nitrogens with zero attached hydrogens (tertiary/aromatic N) is 2. The van der Waals surface area contributed by atoms with Crippen molar-refractivity contribution in [2.75, 3.05) is 11.4 Å². The number of hydrogen-bond donors (Lipinski definition) is 2. The first-order chi connectivity index (χ1) is 8.50. The minimum absolute atomic E-state index is 0.00326. The maximum Gasteiger partial charge on any atom is 0.337 e. The smallest absolute Gasteiger partial charge is 0.337 e. The first-order valence-corrected chi connectivity index (χ1v) is 5.27. The minimum Gasteiger partial charge on any atom is -0.478 e. The van der Waals surface area contributed by atoms with Crippen molar-refractivity contribution in [2.45, 2.75) is 6.42 Å². The molecule has 1 aliphatic heterocycles. The van der Waals surface area contributed by atoms with Crippen molar-refractivity contribution in [1.82, 2.24) is 4.98 Å². The van der Waals surface area contributed by atoms with Crippen LogP contribution in [0.4, 0.5) is 5.69 Å². The lowest BCUT2D eigenvalue weighted by Crippen LogP contribution is -2.29. The summed E-state index contributed by atoms with van der Waals surface area (Å²) in [6.07, 6.45) is 2.63. The summed E-state index contributed by atoms with van der Waals surface area (Å²) in [4.78, 5) is 38.9. The number of aromatic carboxylic acids is 1. The van der Waals surface area contributed by atoms with E-state index in [4.69, 9.17) is 10.8 Å². The lowest BCUT2D eigenvalue weighted by Gasteiger charge is -2.17. The van der Waals surface area contributed by atoms with E-state index < -0.39 is 17.8 Å². The third kappa shape index (κ3) is 2.02. The van der Waals surface area contributed by atoms with Crippen molar-refractivity contribution in [2.24, 2.45) is 11.7 Å². The second kappa shape index (κ2) is 4.44. The molecule has 1 aliphatic rings. The summed E-state index contributed by atoms with van der Waals surface area (Å²) >= 11 is 0. The number of amides is 2. The van der Waals surface area contributed by atoms with Gasteiger partial charge in [0.05, 0.1) is 23.4 Å². The van der Waals surface area contributed by atoms with Gasteiger partial charge in [0, 0.05) is 19.2 Å². The molecule has 94 valence electrons. The Hall–Kier alpha value is -2.44. The van der Waals surface area contributed by atoms with Crippen LogP contribution in [0.5, 0.6) is 0 Å². The van der Waals surface area contributed by atoms with Gasteiger partial charge in [-0.3, -0.25) is 14.6 Å². The lowest BCUT2D eigenvalue weighted by atomic mass is 10.1. The number of rotatable bonds is 3. The van der Waals surface area contributed by atoms with Crippen LogP contribution in [0.2, 0.25) is 0 Å². The Kier molecular flexibility index (Phi) is 2.97. The van der Waals surface area contributed by atoms with Crippen molar-refractivity contribution in [3.63, 3.8) is 0 Å². The number of hydrogen-bond acceptors (Lipinski definition) is 4. The van der Waals surface area contributed by atoms with Gasteiger partial charge in [0.15, 0.2) is 0 Å². The predicted molar refractivity (Wildman–Crippen MR) is 60.9 cm³/mol. The molecule has 7 nitrogen and oxygen atoms in total. The van der Waals surface area contributed by atoms with Crippen LogP contribution in [0.3, 0.4) is 0 Å². The molecular formula is C11H11N3O4. The number of carbonyl (C=O) groups is 3. The largest absolute Gasteiger partial charge is 0.478 e. The van der Waals surface area contributed by atoms with Gasteiger partial charge in [-0.05, 0) is 6.07 Å². The predicted octanol–water partition coefficient (Wildman–Crippen LogP) is -0.382. The molecule has 3 N–H and O–H groups in total. The SMILES string of the molecule is NC(=O)C1CC(=O)N(c2cnccc2C(=O)O)C1. The average Bonchev–Trinajstić information content (AvgIpc) is 2.71. The second-order valence-corrected chi connectivity index (χ2v) is 4.01. The van der Waals surface area contributed by atoms with Crippen molar-refractivity contribution < 1.29 is 19.5 Å².